The fourth-order valence-corrected chi connectivity index (χ4v) is 3.40. The molecule has 0 unspecified atom stereocenters. The molecule has 2 aliphatic heterocycles. The highest BCUT2D eigenvalue weighted by atomic mass is 16.5. The Morgan fingerprint density at radius 2 is 2.14 bits per heavy atom. The largest absolute Gasteiger partial charge is 0.481 e. The summed E-state index contributed by atoms with van der Waals surface area (Å²) < 4.78 is 5.08. The Morgan fingerprint density at radius 3 is 2.76 bits per heavy atom. The van der Waals surface area contributed by atoms with Gasteiger partial charge in [-0.05, 0) is 32.2 Å². The van der Waals surface area contributed by atoms with Crippen molar-refractivity contribution in [1.29, 1.82) is 0 Å². The summed E-state index contributed by atoms with van der Waals surface area (Å²) in [5.74, 6) is -0.489. The minimum absolute atomic E-state index is 0.232. The van der Waals surface area contributed by atoms with Crippen LogP contribution in [-0.4, -0.2) is 73.2 Å². The van der Waals surface area contributed by atoms with E-state index in [1.807, 2.05) is 4.90 Å². The quantitative estimate of drug-likeness (QED) is 0.753. The Morgan fingerprint density at radius 1 is 1.33 bits per heavy atom. The summed E-state index contributed by atoms with van der Waals surface area (Å²) in [6, 6.07) is 0. The number of carboxylic acids is 1. The maximum Gasteiger partial charge on any atom is 0.311 e. The molecular formula is C15H26N2O4. The summed E-state index contributed by atoms with van der Waals surface area (Å²) in [7, 11) is 1.61. The van der Waals surface area contributed by atoms with Crippen LogP contribution in [0.2, 0.25) is 0 Å². The summed E-state index contributed by atoms with van der Waals surface area (Å²) in [6.07, 6.45) is 3.77. The summed E-state index contributed by atoms with van der Waals surface area (Å²) in [4.78, 5) is 27.4. The molecule has 0 saturated carbocycles. The third-order valence-electron chi connectivity index (χ3n) is 4.75. The Balaban J connectivity index is 1.89. The van der Waals surface area contributed by atoms with E-state index >= 15 is 0 Å². The minimum Gasteiger partial charge on any atom is -0.481 e. The molecule has 1 N–H and O–H groups in total. The monoisotopic (exact) mass is 298 g/mol. The molecular weight excluding hydrogens is 272 g/mol. The number of likely N-dealkylation sites (tertiary alicyclic amines) is 2. The standard InChI is InChI=1S/C15H26N2O4/c1-21-11-6-15(14(19)20)5-3-7-16(12-15)9-10-17-8-2-4-13(17)18/h2-12H2,1H3,(H,19,20)/t15-/m0/s1. The average Bonchev–Trinajstić information content (AvgIpc) is 2.88. The van der Waals surface area contributed by atoms with Gasteiger partial charge < -0.3 is 19.6 Å². The molecule has 2 fully saturated rings. The molecule has 0 radical (unpaired) electrons. The number of amides is 1. The first kappa shape index (κ1) is 16.2. The highest BCUT2D eigenvalue weighted by Gasteiger charge is 2.42. The van der Waals surface area contributed by atoms with Gasteiger partial charge in [0.2, 0.25) is 5.91 Å². The van der Waals surface area contributed by atoms with E-state index in [1.54, 1.807) is 7.11 Å². The van der Waals surface area contributed by atoms with Crippen molar-refractivity contribution in [2.45, 2.75) is 32.1 Å². The number of ether oxygens (including phenoxy) is 1. The van der Waals surface area contributed by atoms with E-state index in [2.05, 4.69) is 4.90 Å². The van der Waals surface area contributed by atoms with Crippen LogP contribution in [0.4, 0.5) is 0 Å². The van der Waals surface area contributed by atoms with Crippen LogP contribution < -0.4 is 0 Å². The number of hydrogen-bond donors (Lipinski definition) is 1. The number of carbonyl (C=O) groups excluding carboxylic acids is 1. The number of carboxylic acid groups (broad SMARTS) is 1. The molecule has 2 aliphatic rings. The van der Waals surface area contributed by atoms with Gasteiger partial charge in [-0.1, -0.05) is 0 Å². The van der Waals surface area contributed by atoms with Gasteiger partial charge in [0, 0.05) is 46.3 Å². The SMILES string of the molecule is COCC[C@@]1(C(=O)O)CCCN(CCN2CCCC2=O)C1. The van der Waals surface area contributed by atoms with E-state index in [9.17, 15) is 14.7 Å². The van der Waals surface area contributed by atoms with Crippen molar-refractivity contribution in [1.82, 2.24) is 9.80 Å². The van der Waals surface area contributed by atoms with Crippen LogP contribution in [0.1, 0.15) is 32.1 Å². The molecule has 2 heterocycles. The molecule has 0 aromatic heterocycles. The molecule has 21 heavy (non-hydrogen) atoms. The van der Waals surface area contributed by atoms with Crippen LogP contribution in [0.15, 0.2) is 0 Å². The first-order chi connectivity index (χ1) is 10.1. The van der Waals surface area contributed by atoms with Gasteiger partial charge in [-0.3, -0.25) is 9.59 Å². The Labute approximate surface area is 126 Å². The lowest BCUT2D eigenvalue weighted by molar-refractivity contribution is -0.154. The van der Waals surface area contributed by atoms with Crippen LogP contribution in [-0.2, 0) is 14.3 Å². The molecule has 1 atom stereocenters. The summed E-state index contributed by atoms with van der Waals surface area (Å²) in [6.45, 7) is 4.30. The fraction of sp³-hybridized carbons (Fsp3) is 0.867. The van der Waals surface area contributed by atoms with Gasteiger partial charge in [0.1, 0.15) is 0 Å². The normalized spacial score (nSPS) is 27.3. The molecule has 2 rings (SSSR count). The molecule has 1 amide bonds. The first-order valence-electron chi connectivity index (χ1n) is 7.80. The maximum absolute atomic E-state index is 11.7. The zero-order chi connectivity index (χ0) is 15.3. The molecule has 6 heteroatoms. The molecule has 0 bridgehead atoms. The number of nitrogens with zero attached hydrogens (tertiary/aromatic N) is 2. The van der Waals surface area contributed by atoms with E-state index in [0.29, 0.717) is 32.4 Å². The van der Waals surface area contributed by atoms with Crippen molar-refractivity contribution in [3.63, 3.8) is 0 Å². The van der Waals surface area contributed by atoms with E-state index in [-0.39, 0.29) is 5.91 Å². The number of piperidine rings is 1. The lowest BCUT2D eigenvalue weighted by Gasteiger charge is -2.40. The van der Waals surface area contributed by atoms with Gasteiger partial charge in [0.15, 0.2) is 0 Å². The predicted molar refractivity (Wildman–Crippen MR) is 78.0 cm³/mol. The second kappa shape index (κ2) is 7.22. The maximum atomic E-state index is 11.7. The molecule has 6 nitrogen and oxygen atoms in total. The van der Waals surface area contributed by atoms with E-state index in [4.69, 9.17) is 4.74 Å². The zero-order valence-corrected chi connectivity index (χ0v) is 12.8. The van der Waals surface area contributed by atoms with Crippen molar-refractivity contribution in [3.8, 4) is 0 Å². The van der Waals surface area contributed by atoms with Crippen LogP contribution in [0.5, 0.6) is 0 Å². The van der Waals surface area contributed by atoms with E-state index < -0.39 is 11.4 Å². The first-order valence-corrected chi connectivity index (χ1v) is 7.80. The summed E-state index contributed by atoms with van der Waals surface area (Å²) in [5.41, 5.74) is -0.691. The number of hydrogen-bond acceptors (Lipinski definition) is 4. The number of aliphatic carboxylic acids is 1. The lowest BCUT2D eigenvalue weighted by atomic mass is 9.77. The molecule has 2 saturated heterocycles. The number of rotatable bonds is 7. The number of methoxy groups -OCH3 is 1. The highest BCUT2D eigenvalue weighted by molar-refractivity contribution is 5.78. The van der Waals surface area contributed by atoms with Gasteiger partial charge in [-0.2, -0.15) is 0 Å². The summed E-state index contributed by atoms with van der Waals surface area (Å²) in [5, 5.41) is 9.61. The fourth-order valence-electron chi connectivity index (χ4n) is 3.40. The van der Waals surface area contributed by atoms with Gasteiger partial charge in [0.05, 0.1) is 5.41 Å². The zero-order valence-electron chi connectivity index (χ0n) is 12.8. The second-order valence-electron chi connectivity index (χ2n) is 6.19. The molecule has 0 aromatic carbocycles. The molecule has 0 aromatic rings. The van der Waals surface area contributed by atoms with Crippen molar-refractivity contribution in [2.75, 3.05) is 46.4 Å². The second-order valence-corrected chi connectivity index (χ2v) is 6.19. The van der Waals surface area contributed by atoms with Crippen molar-refractivity contribution < 1.29 is 19.4 Å². The molecule has 0 spiro atoms. The minimum atomic E-state index is -0.721. The van der Waals surface area contributed by atoms with Crippen molar-refractivity contribution >= 4 is 11.9 Å². The molecule has 0 aliphatic carbocycles. The third kappa shape index (κ3) is 3.95. The summed E-state index contributed by atoms with van der Waals surface area (Å²) >= 11 is 0. The topological polar surface area (TPSA) is 70.1 Å². The van der Waals surface area contributed by atoms with Crippen molar-refractivity contribution in [2.24, 2.45) is 5.41 Å². The Kier molecular flexibility index (Phi) is 5.58. The Bertz CT molecular complexity index is 388. The third-order valence-corrected chi connectivity index (χ3v) is 4.75. The van der Waals surface area contributed by atoms with Gasteiger partial charge >= 0.3 is 5.97 Å². The van der Waals surface area contributed by atoms with Crippen LogP contribution in [0.25, 0.3) is 0 Å². The molecule has 120 valence electrons. The van der Waals surface area contributed by atoms with Gasteiger partial charge in [-0.25, -0.2) is 0 Å². The van der Waals surface area contributed by atoms with E-state index in [1.165, 1.54) is 0 Å². The van der Waals surface area contributed by atoms with Gasteiger partial charge in [0.25, 0.3) is 0 Å². The smallest absolute Gasteiger partial charge is 0.311 e. The van der Waals surface area contributed by atoms with E-state index in [0.717, 1.165) is 39.0 Å². The highest BCUT2D eigenvalue weighted by Crippen LogP contribution is 2.34. The Hall–Kier alpha value is -1.14. The van der Waals surface area contributed by atoms with Crippen molar-refractivity contribution in [3.05, 3.63) is 0 Å². The van der Waals surface area contributed by atoms with Gasteiger partial charge in [-0.15, -0.1) is 0 Å². The lowest BCUT2D eigenvalue weighted by Crippen LogP contribution is -2.50. The number of carbonyl (C=O) groups is 2. The predicted octanol–water partition coefficient (Wildman–Crippen LogP) is 0.812. The van der Waals surface area contributed by atoms with Crippen LogP contribution in [0, 0.1) is 5.41 Å². The van der Waals surface area contributed by atoms with Crippen LogP contribution >= 0.6 is 0 Å². The van der Waals surface area contributed by atoms with Crippen LogP contribution in [0.3, 0.4) is 0 Å². The average molecular weight is 298 g/mol.